The zero-order valence-electron chi connectivity index (χ0n) is 15.0. The summed E-state index contributed by atoms with van der Waals surface area (Å²) in [5, 5.41) is 7.70. The van der Waals surface area contributed by atoms with E-state index in [4.69, 9.17) is 11.6 Å². The summed E-state index contributed by atoms with van der Waals surface area (Å²) in [6.07, 6.45) is 3.54. The van der Waals surface area contributed by atoms with Crippen molar-refractivity contribution in [2.45, 2.75) is 13.0 Å². The van der Waals surface area contributed by atoms with Crippen LogP contribution in [0.15, 0.2) is 52.9 Å². The van der Waals surface area contributed by atoms with Crippen LogP contribution in [0.2, 0.25) is 5.02 Å². The van der Waals surface area contributed by atoms with Crippen LogP contribution in [0.4, 0.5) is 5.69 Å². The van der Waals surface area contributed by atoms with E-state index in [1.807, 2.05) is 41.9 Å². The maximum atomic E-state index is 12.7. The number of piperazine rings is 1. The summed E-state index contributed by atoms with van der Waals surface area (Å²) >= 11 is 8.11. The maximum absolute atomic E-state index is 12.7. The van der Waals surface area contributed by atoms with Crippen molar-refractivity contribution in [1.82, 2.24) is 19.7 Å². The van der Waals surface area contributed by atoms with E-state index in [-0.39, 0.29) is 10.6 Å². The highest BCUT2D eigenvalue weighted by atomic mass is 35.5. The molecule has 2 aromatic heterocycles. The summed E-state index contributed by atoms with van der Waals surface area (Å²) in [7, 11) is 0. The van der Waals surface area contributed by atoms with E-state index < -0.39 is 0 Å². The number of anilines is 1. The average molecular weight is 402 g/mol. The second kappa shape index (κ2) is 7.80. The Morgan fingerprint density at radius 1 is 1.15 bits per heavy atom. The lowest BCUT2D eigenvalue weighted by atomic mass is 10.2. The average Bonchev–Trinajstić information content (AvgIpc) is 3.25. The van der Waals surface area contributed by atoms with Crippen molar-refractivity contribution in [3.05, 3.63) is 68.5 Å². The van der Waals surface area contributed by atoms with Gasteiger partial charge in [0.05, 0.1) is 23.6 Å². The summed E-state index contributed by atoms with van der Waals surface area (Å²) in [5.41, 5.74) is 1.12. The first-order valence-corrected chi connectivity index (χ1v) is 10.1. The highest BCUT2D eigenvalue weighted by Gasteiger charge is 2.25. The fourth-order valence-electron chi connectivity index (χ4n) is 3.34. The number of hydrogen-bond donors (Lipinski definition) is 0. The summed E-state index contributed by atoms with van der Waals surface area (Å²) in [5.74, 6) is 0. The van der Waals surface area contributed by atoms with Gasteiger partial charge in [-0.1, -0.05) is 29.8 Å². The Balaban J connectivity index is 1.50. The molecule has 0 aliphatic carbocycles. The molecule has 1 atom stereocenters. The number of rotatable bonds is 4. The van der Waals surface area contributed by atoms with E-state index in [1.165, 1.54) is 4.68 Å². The Morgan fingerprint density at radius 3 is 2.56 bits per heavy atom. The molecule has 0 amide bonds. The molecule has 1 aliphatic rings. The number of halogens is 1. The topological polar surface area (TPSA) is 54.3 Å². The van der Waals surface area contributed by atoms with Crippen LogP contribution in [0.5, 0.6) is 0 Å². The Morgan fingerprint density at radius 2 is 1.89 bits per heavy atom. The molecule has 1 saturated heterocycles. The molecule has 3 heterocycles. The summed E-state index contributed by atoms with van der Waals surface area (Å²) in [6, 6.07) is 9.61. The van der Waals surface area contributed by atoms with Crippen LogP contribution in [-0.4, -0.2) is 45.8 Å². The maximum Gasteiger partial charge on any atom is 0.292 e. The van der Waals surface area contributed by atoms with E-state index in [0.717, 1.165) is 31.2 Å². The smallest absolute Gasteiger partial charge is 0.292 e. The van der Waals surface area contributed by atoms with Crippen LogP contribution in [0, 0.1) is 0 Å². The minimum Gasteiger partial charge on any atom is -0.366 e. The summed E-state index contributed by atoms with van der Waals surface area (Å²) in [4.78, 5) is 21.6. The largest absolute Gasteiger partial charge is 0.366 e. The van der Waals surface area contributed by atoms with Crippen molar-refractivity contribution >= 4 is 28.6 Å². The molecule has 140 valence electrons. The molecule has 0 spiro atoms. The third-order valence-corrected chi connectivity index (χ3v) is 6.21. The predicted molar refractivity (Wildman–Crippen MR) is 109 cm³/mol. The lowest BCUT2D eigenvalue weighted by molar-refractivity contribution is 0.198. The molecule has 27 heavy (non-hydrogen) atoms. The molecule has 1 aliphatic heterocycles. The fourth-order valence-corrected chi connectivity index (χ4v) is 4.32. The summed E-state index contributed by atoms with van der Waals surface area (Å²) in [6.45, 7) is 5.56. The summed E-state index contributed by atoms with van der Waals surface area (Å²) < 4.78 is 1.34. The Labute approximate surface area is 166 Å². The second-order valence-corrected chi connectivity index (χ2v) is 7.77. The standard InChI is InChI=1S/C19H20ClN5OS/c1-14(18-21-7-12-27-18)23-8-10-24(11-9-23)16-13-22-25(19(26)17(16)20)15-5-3-2-4-6-15/h2-7,12-14H,8-11H2,1H3. The molecule has 6 nitrogen and oxygen atoms in total. The number of hydrogen-bond acceptors (Lipinski definition) is 6. The number of aromatic nitrogens is 3. The molecule has 0 N–H and O–H groups in total. The van der Waals surface area contributed by atoms with Gasteiger partial charge in [-0.25, -0.2) is 4.98 Å². The van der Waals surface area contributed by atoms with Gasteiger partial charge in [0, 0.05) is 37.8 Å². The SMILES string of the molecule is CC(c1nccs1)N1CCN(c2cnn(-c3ccccc3)c(=O)c2Cl)CC1. The quantitative estimate of drug-likeness (QED) is 0.671. The highest BCUT2D eigenvalue weighted by Crippen LogP contribution is 2.27. The number of para-hydroxylation sites is 1. The predicted octanol–water partition coefficient (Wildman–Crippen LogP) is 3.23. The Kier molecular flexibility index (Phi) is 5.24. The van der Waals surface area contributed by atoms with Crippen molar-refractivity contribution in [3.8, 4) is 5.69 Å². The molecule has 0 radical (unpaired) electrons. The first kappa shape index (κ1) is 18.2. The van der Waals surface area contributed by atoms with Crippen LogP contribution in [0.25, 0.3) is 5.69 Å². The molecule has 0 bridgehead atoms. The molecule has 1 aromatic carbocycles. The van der Waals surface area contributed by atoms with Gasteiger partial charge in [-0.3, -0.25) is 9.69 Å². The van der Waals surface area contributed by atoms with Gasteiger partial charge in [-0.2, -0.15) is 9.78 Å². The first-order chi connectivity index (χ1) is 13.1. The number of nitrogens with zero attached hydrogens (tertiary/aromatic N) is 5. The van der Waals surface area contributed by atoms with Crippen molar-refractivity contribution in [2.24, 2.45) is 0 Å². The van der Waals surface area contributed by atoms with Gasteiger partial charge in [0.2, 0.25) is 0 Å². The lowest BCUT2D eigenvalue weighted by Crippen LogP contribution is -2.47. The van der Waals surface area contributed by atoms with Crippen molar-refractivity contribution in [2.75, 3.05) is 31.1 Å². The van der Waals surface area contributed by atoms with Gasteiger partial charge < -0.3 is 4.90 Å². The van der Waals surface area contributed by atoms with Crippen LogP contribution < -0.4 is 10.5 Å². The molecule has 1 unspecified atom stereocenters. The third-order valence-electron chi connectivity index (χ3n) is 4.91. The van der Waals surface area contributed by atoms with E-state index in [0.29, 0.717) is 17.4 Å². The van der Waals surface area contributed by atoms with Gasteiger partial charge in [-0.05, 0) is 19.1 Å². The molecular weight excluding hydrogens is 382 g/mol. The molecule has 4 rings (SSSR count). The Hall–Kier alpha value is -2.22. The minimum absolute atomic E-state index is 0.218. The van der Waals surface area contributed by atoms with Crippen LogP contribution in [0.1, 0.15) is 18.0 Å². The van der Waals surface area contributed by atoms with Gasteiger partial charge in [0.1, 0.15) is 10.0 Å². The zero-order chi connectivity index (χ0) is 18.8. The Bertz CT molecular complexity index is 952. The normalized spacial score (nSPS) is 16.4. The number of benzene rings is 1. The monoisotopic (exact) mass is 401 g/mol. The van der Waals surface area contributed by atoms with Gasteiger partial charge >= 0.3 is 0 Å². The molecular formula is C19H20ClN5OS. The number of thiazole rings is 1. The van der Waals surface area contributed by atoms with Crippen LogP contribution in [0.3, 0.4) is 0 Å². The second-order valence-electron chi connectivity index (χ2n) is 6.47. The van der Waals surface area contributed by atoms with E-state index >= 15 is 0 Å². The third kappa shape index (κ3) is 3.63. The molecule has 8 heteroatoms. The minimum atomic E-state index is -0.293. The highest BCUT2D eigenvalue weighted by molar-refractivity contribution is 7.09. The van der Waals surface area contributed by atoms with Gasteiger partial charge in [0.15, 0.2) is 0 Å². The van der Waals surface area contributed by atoms with Crippen molar-refractivity contribution < 1.29 is 0 Å². The zero-order valence-corrected chi connectivity index (χ0v) is 16.5. The first-order valence-electron chi connectivity index (χ1n) is 8.87. The van der Waals surface area contributed by atoms with Crippen LogP contribution >= 0.6 is 22.9 Å². The van der Waals surface area contributed by atoms with Crippen molar-refractivity contribution in [3.63, 3.8) is 0 Å². The molecule has 1 fully saturated rings. The van der Waals surface area contributed by atoms with Crippen LogP contribution in [-0.2, 0) is 0 Å². The lowest BCUT2D eigenvalue weighted by Gasteiger charge is -2.38. The van der Waals surface area contributed by atoms with E-state index in [9.17, 15) is 4.79 Å². The van der Waals surface area contributed by atoms with Gasteiger partial charge in [0.25, 0.3) is 5.56 Å². The van der Waals surface area contributed by atoms with E-state index in [2.05, 4.69) is 26.8 Å². The molecule has 0 saturated carbocycles. The molecule has 3 aromatic rings. The fraction of sp³-hybridized carbons (Fsp3) is 0.316. The van der Waals surface area contributed by atoms with Gasteiger partial charge in [-0.15, -0.1) is 11.3 Å². The van der Waals surface area contributed by atoms with Crippen molar-refractivity contribution in [1.29, 1.82) is 0 Å². The van der Waals surface area contributed by atoms with E-state index in [1.54, 1.807) is 17.5 Å².